The van der Waals surface area contributed by atoms with E-state index < -0.39 is 0 Å². The highest BCUT2D eigenvalue weighted by atomic mass is 79.9. The minimum absolute atomic E-state index is 0.299. The maximum atomic E-state index is 11.9. The van der Waals surface area contributed by atoms with E-state index in [0.717, 1.165) is 10.2 Å². The summed E-state index contributed by atoms with van der Waals surface area (Å²) in [5, 5.41) is 3.27. The summed E-state index contributed by atoms with van der Waals surface area (Å²) in [6.07, 6.45) is 0. The van der Waals surface area contributed by atoms with Gasteiger partial charge in [-0.15, -0.1) is 11.3 Å². The molecule has 0 spiro atoms. The van der Waals surface area contributed by atoms with Gasteiger partial charge in [-0.05, 0) is 23.3 Å². The lowest BCUT2D eigenvalue weighted by atomic mass is 9.98. The molecule has 1 N–H and O–H groups in total. The standard InChI is InChI=1S/C12H15BrN2O2S/c1-7(2)8(5-13)6-15-11-9(3-4-18-11)10(16)14-12(15)17/h3-4,7-8H,5-6H2,1-2H3,(H,14,16,17). The van der Waals surface area contributed by atoms with Gasteiger partial charge in [-0.3, -0.25) is 14.3 Å². The van der Waals surface area contributed by atoms with Crippen LogP contribution in [0.5, 0.6) is 0 Å². The van der Waals surface area contributed by atoms with Crippen LogP contribution >= 0.6 is 27.3 Å². The molecule has 0 aromatic carbocycles. The molecule has 18 heavy (non-hydrogen) atoms. The van der Waals surface area contributed by atoms with Crippen LogP contribution in [0.2, 0.25) is 0 Å². The lowest BCUT2D eigenvalue weighted by Gasteiger charge is -2.19. The summed E-state index contributed by atoms with van der Waals surface area (Å²) in [6, 6.07) is 1.76. The van der Waals surface area contributed by atoms with Crippen LogP contribution in [0.1, 0.15) is 13.8 Å². The van der Waals surface area contributed by atoms with Crippen molar-refractivity contribution in [1.82, 2.24) is 9.55 Å². The van der Waals surface area contributed by atoms with Gasteiger partial charge in [-0.25, -0.2) is 4.79 Å². The summed E-state index contributed by atoms with van der Waals surface area (Å²) in [7, 11) is 0. The van der Waals surface area contributed by atoms with Gasteiger partial charge in [0.1, 0.15) is 4.83 Å². The van der Waals surface area contributed by atoms with E-state index in [-0.39, 0.29) is 11.2 Å². The number of halogens is 1. The molecule has 2 aromatic rings. The number of hydrogen-bond donors (Lipinski definition) is 1. The second kappa shape index (κ2) is 5.40. The van der Waals surface area contributed by atoms with Gasteiger partial charge in [-0.2, -0.15) is 0 Å². The van der Waals surface area contributed by atoms with E-state index in [9.17, 15) is 9.59 Å². The zero-order chi connectivity index (χ0) is 13.3. The summed E-state index contributed by atoms with van der Waals surface area (Å²) in [5.74, 6) is 0.831. The molecule has 4 nitrogen and oxygen atoms in total. The first-order valence-corrected chi connectivity index (χ1v) is 7.81. The molecular formula is C12H15BrN2O2S. The van der Waals surface area contributed by atoms with Gasteiger partial charge >= 0.3 is 5.69 Å². The minimum Gasteiger partial charge on any atom is -0.284 e. The van der Waals surface area contributed by atoms with Crippen molar-refractivity contribution in [3.63, 3.8) is 0 Å². The number of nitrogens with one attached hydrogen (secondary N) is 1. The topological polar surface area (TPSA) is 54.9 Å². The van der Waals surface area contributed by atoms with Crippen LogP contribution in [-0.4, -0.2) is 14.9 Å². The lowest BCUT2D eigenvalue weighted by Crippen LogP contribution is -2.33. The molecular weight excluding hydrogens is 316 g/mol. The number of aromatic nitrogens is 2. The van der Waals surface area contributed by atoms with Crippen molar-refractivity contribution in [2.75, 3.05) is 5.33 Å². The zero-order valence-electron chi connectivity index (χ0n) is 10.3. The maximum absolute atomic E-state index is 11.9. The Labute approximate surface area is 117 Å². The minimum atomic E-state index is -0.318. The summed E-state index contributed by atoms with van der Waals surface area (Å²) < 4.78 is 1.67. The number of aromatic amines is 1. The predicted octanol–water partition coefficient (Wildman–Crippen LogP) is 2.42. The van der Waals surface area contributed by atoms with Crippen LogP contribution in [0.15, 0.2) is 21.0 Å². The normalized spacial score (nSPS) is 13.3. The fourth-order valence-electron chi connectivity index (χ4n) is 1.85. The largest absolute Gasteiger partial charge is 0.329 e. The molecule has 2 aromatic heterocycles. The lowest BCUT2D eigenvalue weighted by molar-refractivity contribution is 0.372. The van der Waals surface area contributed by atoms with Crippen molar-refractivity contribution in [3.05, 3.63) is 32.3 Å². The van der Waals surface area contributed by atoms with Gasteiger partial charge < -0.3 is 0 Å². The Hall–Kier alpha value is -0.880. The van der Waals surface area contributed by atoms with E-state index in [1.807, 2.05) is 5.38 Å². The van der Waals surface area contributed by atoms with Gasteiger partial charge in [0.05, 0.1) is 5.39 Å². The Morgan fingerprint density at radius 2 is 2.17 bits per heavy atom. The Bertz CT molecular complexity index is 656. The van der Waals surface area contributed by atoms with Crippen molar-refractivity contribution >= 4 is 37.5 Å². The van der Waals surface area contributed by atoms with Gasteiger partial charge in [-0.1, -0.05) is 29.8 Å². The van der Waals surface area contributed by atoms with Crippen LogP contribution in [0.4, 0.5) is 0 Å². The summed E-state index contributed by atoms with van der Waals surface area (Å²) in [5.41, 5.74) is -0.617. The molecule has 1 atom stereocenters. The fraction of sp³-hybridized carbons (Fsp3) is 0.500. The Morgan fingerprint density at radius 1 is 1.44 bits per heavy atom. The third-order valence-electron chi connectivity index (χ3n) is 3.16. The van der Waals surface area contributed by atoms with E-state index in [1.165, 1.54) is 11.3 Å². The maximum Gasteiger partial charge on any atom is 0.329 e. The number of hydrogen-bond acceptors (Lipinski definition) is 3. The van der Waals surface area contributed by atoms with Crippen molar-refractivity contribution in [1.29, 1.82) is 0 Å². The monoisotopic (exact) mass is 330 g/mol. The summed E-state index contributed by atoms with van der Waals surface area (Å²) in [6.45, 7) is 4.89. The molecule has 0 aliphatic carbocycles. The molecule has 0 saturated heterocycles. The van der Waals surface area contributed by atoms with Crippen molar-refractivity contribution in [2.45, 2.75) is 20.4 Å². The third kappa shape index (κ3) is 2.44. The second-order valence-corrected chi connectivity index (χ2v) is 6.21. The van der Waals surface area contributed by atoms with Gasteiger partial charge in [0.2, 0.25) is 0 Å². The number of nitrogens with zero attached hydrogens (tertiary/aromatic N) is 1. The molecule has 0 aliphatic rings. The summed E-state index contributed by atoms with van der Waals surface area (Å²) in [4.78, 5) is 26.7. The van der Waals surface area contributed by atoms with Crippen LogP contribution in [0.25, 0.3) is 10.2 Å². The second-order valence-electron chi connectivity index (χ2n) is 4.67. The fourth-order valence-corrected chi connectivity index (χ4v) is 3.70. The Balaban J connectivity index is 2.54. The quantitative estimate of drug-likeness (QED) is 0.875. The molecule has 98 valence electrons. The van der Waals surface area contributed by atoms with Crippen molar-refractivity contribution < 1.29 is 0 Å². The first-order valence-electron chi connectivity index (χ1n) is 5.81. The van der Waals surface area contributed by atoms with E-state index in [1.54, 1.807) is 10.6 Å². The molecule has 2 rings (SSSR count). The predicted molar refractivity (Wildman–Crippen MR) is 78.8 cm³/mol. The molecule has 0 radical (unpaired) electrons. The molecule has 0 saturated carbocycles. The van der Waals surface area contributed by atoms with Gasteiger partial charge in [0.15, 0.2) is 0 Å². The molecule has 0 bridgehead atoms. The van der Waals surface area contributed by atoms with E-state index in [2.05, 4.69) is 34.8 Å². The van der Waals surface area contributed by atoms with Crippen LogP contribution in [0.3, 0.4) is 0 Å². The molecule has 0 aliphatic heterocycles. The first-order chi connectivity index (χ1) is 8.54. The van der Waals surface area contributed by atoms with Gasteiger partial charge in [0, 0.05) is 11.9 Å². The number of H-pyrrole nitrogens is 1. The highest BCUT2D eigenvalue weighted by molar-refractivity contribution is 9.09. The number of rotatable bonds is 4. The highest BCUT2D eigenvalue weighted by Crippen LogP contribution is 2.20. The van der Waals surface area contributed by atoms with Gasteiger partial charge in [0.25, 0.3) is 5.56 Å². The van der Waals surface area contributed by atoms with Crippen LogP contribution in [0, 0.1) is 11.8 Å². The number of alkyl halides is 1. The zero-order valence-corrected chi connectivity index (χ0v) is 12.7. The molecule has 2 heterocycles. The SMILES string of the molecule is CC(C)C(CBr)Cn1c(=O)[nH]c(=O)c2ccsc21. The van der Waals surface area contributed by atoms with E-state index in [0.29, 0.717) is 23.8 Å². The smallest absolute Gasteiger partial charge is 0.284 e. The first kappa shape index (κ1) is 13.5. The Kier molecular flexibility index (Phi) is 4.07. The molecule has 0 amide bonds. The van der Waals surface area contributed by atoms with E-state index in [4.69, 9.17) is 0 Å². The molecule has 6 heteroatoms. The number of thiophene rings is 1. The number of fused-ring (bicyclic) bond motifs is 1. The average Bonchev–Trinajstić information content (AvgIpc) is 2.78. The van der Waals surface area contributed by atoms with Crippen LogP contribution < -0.4 is 11.2 Å². The highest BCUT2D eigenvalue weighted by Gasteiger charge is 2.16. The molecule has 0 fully saturated rings. The van der Waals surface area contributed by atoms with E-state index >= 15 is 0 Å². The third-order valence-corrected chi connectivity index (χ3v) is 4.93. The molecule has 1 unspecified atom stereocenters. The average molecular weight is 331 g/mol. The van der Waals surface area contributed by atoms with Crippen LogP contribution in [-0.2, 0) is 6.54 Å². The van der Waals surface area contributed by atoms with Crippen molar-refractivity contribution in [2.24, 2.45) is 11.8 Å². The van der Waals surface area contributed by atoms with Crippen molar-refractivity contribution in [3.8, 4) is 0 Å². The Morgan fingerprint density at radius 3 is 2.78 bits per heavy atom. The summed E-state index contributed by atoms with van der Waals surface area (Å²) >= 11 is 4.92.